The van der Waals surface area contributed by atoms with Crippen LogP contribution in [0.4, 0.5) is 0 Å². The van der Waals surface area contributed by atoms with E-state index in [-0.39, 0.29) is 6.04 Å². The molecule has 0 aliphatic carbocycles. The summed E-state index contributed by atoms with van der Waals surface area (Å²) >= 11 is 0. The molecule has 1 heterocycles. The third kappa shape index (κ3) is 3.74. The van der Waals surface area contributed by atoms with Gasteiger partial charge in [0, 0.05) is 19.1 Å². The van der Waals surface area contributed by atoms with Gasteiger partial charge >= 0.3 is 0 Å². The van der Waals surface area contributed by atoms with Gasteiger partial charge in [0.2, 0.25) is 0 Å². The van der Waals surface area contributed by atoms with E-state index in [1.807, 2.05) is 6.07 Å². The Balaban J connectivity index is 2.14. The fourth-order valence-corrected chi connectivity index (χ4v) is 3.02. The lowest BCUT2D eigenvalue weighted by Gasteiger charge is -2.28. The number of hydrogen-bond acceptors (Lipinski definition) is 3. The molecule has 2 atom stereocenters. The van der Waals surface area contributed by atoms with Gasteiger partial charge in [0.15, 0.2) is 0 Å². The van der Waals surface area contributed by atoms with Crippen molar-refractivity contribution < 1.29 is 4.74 Å². The molecule has 1 aliphatic heterocycles. The number of hydrogen-bond donors (Lipinski definition) is 1. The number of benzene rings is 1. The molecule has 3 nitrogen and oxygen atoms in total. The first-order valence-electron chi connectivity index (χ1n) is 7.84. The van der Waals surface area contributed by atoms with Gasteiger partial charge in [0.1, 0.15) is 5.75 Å². The van der Waals surface area contributed by atoms with Gasteiger partial charge in [-0.25, -0.2) is 0 Å². The van der Waals surface area contributed by atoms with E-state index in [1.54, 1.807) is 0 Å². The molecule has 1 saturated heterocycles. The summed E-state index contributed by atoms with van der Waals surface area (Å²) in [5, 5.41) is 0. The van der Waals surface area contributed by atoms with E-state index in [1.165, 1.54) is 5.56 Å². The van der Waals surface area contributed by atoms with Crippen LogP contribution < -0.4 is 10.5 Å². The molecule has 0 amide bonds. The molecular formula is C17H28N2O. The second-order valence-electron chi connectivity index (χ2n) is 6.21. The number of ether oxygens (including phenoxy) is 1. The molecule has 1 aromatic carbocycles. The third-order valence-corrected chi connectivity index (χ3v) is 3.82. The Hall–Kier alpha value is -1.06. The summed E-state index contributed by atoms with van der Waals surface area (Å²) in [6, 6.07) is 9.03. The molecule has 20 heavy (non-hydrogen) atoms. The minimum Gasteiger partial charge on any atom is -0.494 e. The van der Waals surface area contributed by atoms with Crippen molar-refractivity contribution in [3.8, 4) is 5.75 Å². The second-order valence-corrected chi connectivity index (χ2v) is 6.21. The molecule has 112 valence electrons. The lowest BCUT2D eigenvalue weighted by Crippen LogP contribution is -2.33. The summed E-state index contributed by atoms with van der Waals surface area (Å²) in [6.45, 7) is 9.64. The van der Waals surface area contributed by atoms with E-state index in [4.69, 9.17) is 10.5 Å². The fraction of sp³-hybridized carbons (Fsp3) is 0.647. The molecule has 3 heteroatoms. The van der Waals surface area contributed by atoms with Crippen molar-refractivity contribution in [2.45, 2.75) is 45.7 Å². The SMILES string of the molecule is CCCOc1cccc(C2C(N)CCN2CC(C)C)c1. The molecule has 2 unspecified atom stereocenters. The molecule has 0 bridgehead atoms. The van der Waals surface area contributed by atoms with Crippen LogP contribution in [0.3, 0.4) is 0 Å². The highest BCUT2D eigenvalue weighted by atomic mass is 16.5. The van der Waals surface area contributed by atoms with Crippen LogP contribution in [-0.2, 0) is 0 Å². The summed E-state index contributed by atoms with van der Waals surface area (Å²) < 4.78 is 5.75. The van der Waals surface area contributed by atoms with Crippen molar-refractivity contribution in [2.75, 3.05) is 19.7 Å². The fourth-order valence-electron chi connectivity index (χ4n) is 3.02. The van der Waals surface area contributed by atoms with Crippen LogP contribution >= 0.6 is 0 Å². The molecule has 0 spiro atoms. The Morgan fingerprint density at radius 3 is 2.90 bits per heavy atom. The standard InChI is InChI=1S/C17H28N2O/c1-4-10-20-15-7-5-6-14(11-15)17-16(18)8-9-19(17)12-13(2)3/h5-7,11,13,16-17H,4,8-10,12,18H2,1-3H3. The molecule has 0 aromatic heterocycles. The van der Waals surface area contributed by atoms with Crippen LogP contribution in [0, 0.1) is 5.92 Å². The maximum atomic E-state index is 6.34. The second kappa shape index (κ2) is 7.09. The summed E-state index contributed by atoms with van der Waals surface area (Å²) in [5.41, 5.74) is 7.64. The van der Waals surface area contributed by atoms with E-state index in [0.29, 0.717) is 12.0 Å². The van der Waals surface area contributed by atoms with E-state index in [0.717, 1.165) is 38.3 Å². The van der Waals surface area contributed by atoms with E-state index >= 15 is 0 Å². The molecule has 1 aliphatic rings. The average Bonchev–Trinajstić information content (AvgIpc) is 2.77. The van der Waals surface area contributed by atoms with Crippen LogP contribution in [-0.4, -0.2) is 30.6 Å². The van der Waals surface area contributed by atoms with Gasteiger partial charge in [0.25, 0.3) is 0 Å². The maximum absolute atomic E-state index is 6.34. The van der Waals surface area contributed by atoms with E-state index < -0.39 is 0 Å². The van der Waals surface area contributed by atoms with Crippen molar-refractivity contribution in [3.63, 3.8) is 0 Å². The predicted octanol–water partition coefficient (Wildman–Crippen LogP) is 3.21. The van der Waals surface area contributed by atoms with Gasteiger partial charge in [0.05, 0.1) is 12.6 Å². The Labute approximate surface area is 123 Å². The number of nitrogens with two attached hydrogens (primary N) is 1. The first-order chi connectivity index (χ1) is 9.61. The Morgan fingerprint density at radius 1 is 1.40 bits per heavy atom. The van der Waals surface area contributed by atoms with Crippen LogP contribution in [0.15, 0.2) is 24.3 Å². The van der Waals surface area contributed by atoms with Gasteiger partial charge in [-0.05, 0) is 36.5 Å². The van der Waals surface area contributed by atoms with Crippen molar-refractivity contribution in [1.82, 2.24) is 4.90 Å². The van der Waals surface area contributed by atoms with Crippen LogP contribution in [0.25, 0.3) is 0 Å². The minimum atomic E-state index is 0.232. The zero-order chi connectivity index (χ0) is 14.5. The van der Waals surface area contributed by atoms with Gasteiger partial charge in [-0.3, -0.25) is 4.90 Å². The minimum absolute atomic E-state index is 0.232. The smallest absolute Gasteiger partial charge is 0.119 e. The summed E-state index contributed by atoms with van der Waals surface area (Å²) in [6.07, 6.45) is 2.12. The molecule has 0 radical (unpaired) electrons. The molecule has 1 fully saturated rings. The molecule has 0 saturated carbocycles. The number of nitrogens with zero attached hydrogens (tertiary/aromatic N) is 1. The lowest BCUT2D eigenvalue weighted by atomic mass is 10.00. The Bertz CT molecular complexity index is 419. The van der Waals surface area contributed by atoms with Crippen molar-refractivity contribution in [1.29, 1.82) is 0 Å². The summed E-state index contributed by atoms with van der Waals surface area (Å²) in [4.78, 5) is 2.52. The third-order valence-electron chi connectivity index (χ3n) is 3.82. The predicted molar refractivity (Wildman–Crippen MR) is 84.0 cm³/mol. The Morgan fingerprint density at radius 2 is 2.20 bits per heavy atom. The monoisotopic (exact) mass is 276 g/mol. The summed E-state index contributed by atoms with van der Waals surface area (Å²) in [7, 11) is 0. The first kappa shape index (κ1) is 15.3. The zero-order valence-electron chi connectivity index (χ0n) is 13.0. The van der Waals surface area contributed by atoms with Gasteiger partial charge in [-0.1, -0.05) is 32.9 Å². The highest BCUT2D eigenvalue weighted by Crippen LogP contribution is 2.33. The van der Waals surface area contributed by atoms with Gasteiger partial charge in [-0.2, -0.15) is 0 Å². The molecule has 2 N–H and O–H groups in total. The van der Waals surface area contributed by atoms with E-state index in [2.05, 4.69) is 43.9 Å². The molecule has 2 rings (SSSR count). The van der Waals surface area contributed by atoms with Crippen LogP contribution in [0.1, 0.15) is 45.2 Å². The van der Waals surface area contributed by atoms with Crippen molar-refractivity contribution in [3.05, 3.63) is 29.8 Å². The normalized spacial score (nSPS) is 23.4. The first-order valence-corrected chi connectivity index (χ1v) is 7.84. The zero-order valence-corrected chi connectivity index (χ0v) is 13.0. The number of rotatable bonds is 6. The molecular weight excluding hydrogens is 248 g/mol. The Kier molecular flexibility index (Phi) is 5.44. The van der Waals surface area contributed by atoms with Crippen molar-refractivity contribution >= 4 is 0 Å². The number of likely N-dealkylation sites (tertiary alicyclic amines) is 1. The molecule has 1 aromatic rings. The highest BCUT2D eigenvalue weighted by Gasteiger charge is 2.33. The van der Waals surface area contributed by atoms with Crippen LogP contribution in [0.5, 0.6) is 5.75 Å². The maximum Gasteiger partial charge on any atom is 0.119 e. The highest BCUT2D eigenvalue weighted by molar-refractivity contribution is 5.32. The van der Waals surface area contributed by atoms with Gasteiger partial charge < -0.3 is 10.5 Å². The average molecular weight is 276 g/mol. The summed E-state index contributed by atoms with van der Waals surface area (Å²) in [5.74, 6) is 1.63. The van der Waals surface area contributed by atoms with Gasteiger partial charge in [-0.15, -0.1) is 0 Å². The quantitative estimate of drug-likeness (QED) is 0.867. The topological polar surface area (TPSA) is 38.5 Å². The largest absolute Gasteiger partial charge is 0.494 e. The van der Waals surface area contributed by atoms with Crippen LogP contribution in [0.2, 0.25) is 0 Å². The lowest BCUT2D eigenvalue weighted by molar-refractivity contribution is 0.220. The van der Waals surface area contributed by atoms with E-state index in [9.17, 15) is 0 Å². The van der Waals surface area contributed by atoms with Crippen molar-refractivity contribution in [2.24, 2.45) is 11.7 Å².